The third-order valence-corrected chi connectivity index (χ3v) is 2.50. The van der Waals surface area contributed by atoms with E-state index in [1.807, 2.05) is 4.90 Å². The first-order chi connectivity index (χ1) is 8.17. The molecule has 0 aromatic carbocycles. The molecule has 17 heavy (non-hydrogen) atoms. The second kappa shape index (κ2) is 7.14. The molecule has 0 unspecified atom stereocenters. The monoisotopic (exact) mass is 243 g/mol. The maximum absolute atomic E-state index is 13.0. The summed E-state index contributed by atoms with van der Waals surface area (Å²) in [5, 5.41) is 0. The summed E-state index contributed by atoms with van der Waals surface area (Å²) in [5.74, 6) is -1.47. The van der Waals surface area contributed by atoms with Gasteiger partial charge in [-0.2, -0.15) is 18.7 Å². The average Bonchev–Trinajstić information content (AvgIpc) is 2.28. The van der Waals surface area contributed by atoms with Crippen molar-refractivity contribution in [2.75, 3.05) is 18.0 Å². The third-order valence-electron chi connectivity index (χ3n) is 2.50. The number of aromatic nitrogens is 2. The van der Waals surface area contributed by atoms with Gasteiger partial charge in [-0.25, -0.2) is 0 Å². The van der Waals surface area contributed by atoms with Gasteiger partial charge in [-0.05, 0) is 12.8 Å². The number of rotatable bonds is 7. The molecule has 0 amide bonds. The maximum atomic E-state index is 13.0. The van der Waals surface area contributed by atoms with Crippen LogP contribution in [0.1, 0.15) is 39.5 Å². The molecule has 5 heteroatoms. The topological polar surface area (TPSA) is 29.0 Å². The average molecular weight is 243 g/mol. The normalized spacial score (nSPS) is 10.6. The lowest BCUT2D eigenvalue weighted by Gasteiger charge is -2.22. The molecule has 0 saturated carbocycles. The molecule has 0 spiro atoms. The van der Waals surface area contributed by atoms with Gasteiger partial charge in [0.15, 0.2) is 0 Å². The summed E-state index contributed by atoms with van der Waals surface area (Å²) in [6.07, 6.45) is 3.98. The Bertz CT molecular complexity index is 316. The van der Waals surface area contributed by atoms with Gasteiger partial charge in [0.2, 0.25) is 17.8 Å². The van der Waals surface area contributed by atoms with E-state index in [0.29, 0.717) is 6.07 Å². The minimum Gasteiger partial charge on any atom is -0.341 e. The standard InChI is InChI=1S/C12H19F2N3/c1-3-5-7-17(8-6-4-2)12-15-10(13)9-11(14)16-12/h9H,3-8H2,1-2H3. The Morgan fingerprint density at radius 3 is 1.88 bits per heavy atom. The third kappa shape index (κ3) is 4.63. The number of nitrogens with zero attached hydrogens (tertiary/aromatic N) is 3. The van der Waals surface area contributed by atoms with Gasteiger partial charge in [0.05, 0.1) is 0 Å². The number of halogens is 2. The van der Waals surface area contributed by atoms with Crippen molar-refractivity contribution < 1.29 is 8.78 Å². The molecule has 1 aromatic heterocycles. The number of unbranched alkanes of at least 4 members (excludes halogenated alkanes) is 2. The van der Waals surface area contributed by atoms with Crippen LogP contribution in [-0.4, -0.2) is 23.1 Å². The van der Waals surface area contributed by atoms with E-state index in [0.717, 1.165) is 38.8 Å². The van der Waals surface area contributed by atoms with Crippen LogP contribution >= 0.6 is 0 Å². The van der Waals surface area contributed by atoms with E-state index < -0.39 is 11.9 Å². The van der Waals surface area contributed by atoms with Crippen molar-refractivity contribution in [2.45, 2.75) is 39.5 Å². The maximum Gasteiger partial charge on any atom is 0.230 e. The predicted octanol–water partition coefficient (Wildman–Crippen LogP) is 3.16. The predicted molar refractivity (Wildman–Crippen MR) is 64.0 cm³/mol. The van der Waals surface area contributed by atoms with E-state index in [9.17, 15) is 8.78 Å². The van der Waals surface area contributed by atoms with Crippen LogP contribution in [0.3, 0.4) is 0 Å². The van der Waals surface area contributed by atoms with Crippen LogP contribution in [0.2, 0.25) is 0 Å². The summed E-state index contributed by atoms with van der Waals surface area (Å²) in [4.78, 5) is 9.14. The smallest absolute Gasteiger partial charge is 0.230 e. The Kier molecular flexibility index (Phi) is 5.80. The molecule has 0 aliphatic heterocycles. The molecule has 1 aromatic rings. The van der Waals surface area contributed by atoms with Crippen LogP contribution in [-0.2, 0) is 0 Å². The zero-order chi connectivity index (χ0) is 12.7. The van der Waals surface area contributed by atoms with E-state index in [-0.39, 0.29) is 5.95 Å². The highest BCUT2D eigenvalue weighted by atomic mass is 19.1. The highest BCUT2D eigenvalue weighted by Gasteiger charge is 2.11. The quantitative estimate of drug-likeness (QED) is 0.689. The second-order valence-corrected chi connectivity index (χ2v) is 4.01. The fraction of sp³-hybridized carbons (Fsp3) is 0.667. The fourth-order valence-corrected chi connectivity index (χ4v) is 1.53. The molecule has 0 radical (unpaired) electrons. The number of hydrogen-bond donors (Lipinski definition) is 0. The minimum absolute atomic E-state index is 0.157. The molecule has 0 aliphatic rings. The Hall–Kier alpha value is -1.26. The number of anilines is 1. The lowest BCUT2D eigenvalue weighted by atomic mass is 10.3. The van der Waals surface area contributed by atoms with Gasteiger partial charge in [0.1, 0.15) is 0 Å². The van der Waals surface area contributed by atoms with Gasteiger partial charge >= 0.3 is 0 Å². The van der Waals surface area contributed by atoms with Gasteiger partial charge in [0.25, 0.3) is 0 Å². The SMILES string of the molecule is CCCCN(CCCC)c1nc(F)cc(F)n1. The van der Waals surface area contributed by atoms with Crippen LogP contribution in [0.5, 0.6) is 0 Å². The molecule has 1 heterocycles. The summed E-state index contributed by atoms with van der Waals surface area (Å²) >= 11 is 0. The van der Waals surface area contributed by atoms with Crippen molar-refractivity contribution in [1.82, 2.24) is 9.97 Å². The Balaban J connectivity index is 2.78. The van der Waals surface area contributed by atoms with E-state index >= 15 is 0 Å². The van der Waals surface area contributed by atoms with Crippen molar-refractivity contribution in [3.05, 3.63) is 18.0 Å². The highest BCUT2D eigenvalue weighted by molar-refractivity contribution is 5.28. The summed E-state index contributed by atoms with van der Waals surface area (Å²) in [5.41, 5.74) is 0. The molecule has 0 atom stereocenters. The molecule has 0 N–H and O–H groups in total. The zero-order valence-corrected chi connectivity index (χ0v) is 10.4. The molecule has 1 rings (SSSR count). The van der Waals surface area contributed by atoms with E-state index in [4.69, 9.17) is 0 Å². The van der Waals surface area contributed by atoms with Crippen molar-refractivity contribution >= 4 is 5.95 Å². The molecule has 0 aliphatic carbocycles. The van der Waals surface area contributed by atoms with Crippen molar-refractivity contribution in [2.24, 2.45) is 0 Å². The molecular formula is C12H19F2N3. The Labute approximate surface area is 101 Å². The molecule has 3 nitrogen and oxygen atoms in total. The van der Waals surface area contributed by atoms with Gasteiger partial charge in [-0.1, -0.05) is 26.7 Å². The van der Waals surface area contributed by atoms with E-state index in [1.165, 1.54) is 0 Å². The first kappa shape index (κ1) is 13.8. The second-order valence-electron chi connectivity index (χ2n) is 4.01. The van der Waals surface area contributed by atoms with Crippen molar-refractivity contribution in [3.63, 3.8) is 0 Å². The van der Waals surface area contributed by atoms with Crippen LogP contribution in [0.15, 0.2) is 6.07 Å². The number of hydrogen-bond acceptors (Lipinski definition) is 3. The van der Waals surface area contributed by atoms with E-state index in [1.54, 1.807) is 0 Å². The van der Waals surface area contributed by atoms with Crippen LogP contribution in [0.25, 0.3) is 0 Å². The van der Waals surface area contributed by atoms with Crippen molar-refractivity contribution in [3.8, 4) is 0 Å². The Morgan fingerprint density at radius 2 is 1.47 bits per heavy atom. The lowest BCUT2D eigenvalue weighted by Crippen LogP contribution is -2.28. The van der Waals surface area contributed by atoms with Gasteiger partial charge in [0, 0.05) is 19.2 Å². The zero-order valence-electron chi connectivity index (χ0n) is 10.4. The molecule has 0 bridgehead atoms. The van der Waals surface area contributed by atoms with Crippen LogP contribution < -0.4 is 4.90 Å². The van der Waals surface area contributed by atoms with Crippen LogP contribution in [0.4, 0.5) is 14.7 Å². The molecular weight excluding hydrogens is 224 g/mol. The Morgan fingerprint density at radius 1 is 1.00 bits per heavy atom. The summed E-state index contributed by atoms with van der Waals surface area (Å²) < 4.78 is 26.0. The first-order valence-electron chi connectivity index (χ1n) is 6.12. The largest absolute Gasteiger partial charge is 0.341 e. The summed E-state index contributed by atoms with van der Waals surface area (Å²) in [6, 6.07) is 0.696. The first-order valence-corrected chi connectivity index (χ1v) is 6.12. The van der Waals surface area contributed by atoms with Gasteiger partial charge in [-0.3, -0.25) is 0 Å². The van der Waals surface area contributed by atoms with Crippen LogP contribution in [0, 0.1) is 11.9 Å². The summed E-state index contributed by atoms with van der Waals surface area (Å²) in [6.45, 7) is 5.62. The molecule has 0 saturated heterocycles. The fourth-order valence-electron chi connectivity index (χ4n) is 1.53. The lowest BCUT2D eigenvalue weighted by molar-refractivity contribution is 0.518. The van der Waals surface area contributed by atoms with Crippen molar-refractivity contribution in [1.29, 1.82) is 0 Å². The van der Waals surface area contributed by atoms with E-state index in [2.05, 4.69) is 23.8 Å². The molecule has 0 fully saturated rings. The summed E-state index contributed by atoms with van der Waals surface area (Å²) in [7, 11) is 0. The van der Waals surface area contributed by atoms with Gasteiger partial charge in [-0.15, -0.1) is 0 Å². The highest BCUT2D eigenvalue weighted by Crippen LogP contribution is 2.11. The van der Waals surface area contributed by atoms with Gasteiger partial charge < -0.3 is 4.90 Å². The minimum atomic E-state index is -0.814. The molecule has 96 valence electrons.